The zero-order valence-electron chi connectivity index (χ0n) is 16.2. The van der Waals surface area contributed by atoms with Crippen molar-refractivity contribution in [3.8, 4) is 11.4 Å². The van der Waals surface area contributed by atoms with E-state index in [1.54, 1.807) is 0 Å². The van der Waals surface area contributed by atoms with Gasteiger partial charge in [0.05, 0.1) is 0 Å². The van der Waals surface area contributed by atoms with Gasteiger partial charge >= 0.3 is 0 Å². The van der Waals surface area contributed by atoms with Gasteiger partial charge in [-0.2, -0.15) is 4.98 Å². The third-order valence-electron chi connectivity index (χ3n) is 5.12. The zero-order valence-corrected chi connectivity index (χ0v) is 16.2. The molecule has 0 spiro atoms. The molecule has 144 valence electrons. The highest BCUT2D eigenvalue weighted by molar-refractivity contribution is 5.81. The van der Waals surface area contributed by atoms with Crippen molar-refractivity contribution in [3.05, 3.63) is 71.6 Å². The number of carbonyl (C=O) groups is 1. The Hall–Kier alpha value is -2.95. The summed E-state index contributed by atoms with van der Waals surface area (Å²) < 4.78 is 5.42. The number of amides is 1. The molecule has 0 unspecified atom stereocenters. The van der Waals surface area contributed by atoms with Crippen LogP contribution in [0.4, 0.5) is 0 Å². The second-order valence-corrected chi connectivity index (χ2v) is 7.46. The molecule has 1 fully saturated rings. The van der Waals surface area contributed by atoms with E-state index in [4.69, 9.17) is 4.52 Å². The molecule has 0 bridgehead atoms. The Balaban J connectivity index is 1.38. The summed E-state index contributed by atoms with van der Waals surface area (Å²) in [5.41, 5.74) is 3.38. The first kappa shape index (κ1) is 18.4. The van der Waals surface area contributed by atoms with Gasteiger partial charge in [-0.1, -0.05) is 65.3 Å². The van der Waals surface area contributed by atoms with Gasteiger partial charge in [-0.15, -0.1) is 0 Å². The topological polar surface area (TPSA) is 59.2 Å². The van der Waals surface area contributed by atoms with Gasteiger partial charge in [-0.25, -0.2) is 0 Å². The van der Waals surface area contributed by atoms with E-state index in [2.05, 4.69) is 22.3 Å². The highest BCUT2D eigenvalue weighted by atomic mass is 16.5. The number of aromatic nitrogens is 2. The second kappa shape index (κ2) is 8.38. The van der Waals surface area contributed by atoms with Crippen molar-refractivity contribution in [1.82, 2.24) is 15.0 Å². The number of nitrogens with zero attached hydrogens (tertiary/aromatic N) is 3. The van der Waals surface area contributed by atoms with E-state index in [1.165, 1.54) is 11.1 Å². The summed E-state index contributed by atoms with van der Waals surface area (Å²) in [6.45, 7) is 3.38. The van der Waals surface area contributed by atoms with E-state index in [1.807, 2.05) is 54.3 Å². The summed E-state index contributed by atoms with van der Waals surface area (Å²) >= 11 is 0. The normalized spacial score (nSPS) is 13.5. The SMILES string of the molecule is Cc1ccc(-c2noc(CCN(CCc3ccccc3)C(=O)C3CC3)n2)cc1. The molecule has 0 saturated heterocycles. The molecule has 0 atom stereocenters. The van der Waals surface area contributed by atoms with Gasteiger partial charge in [-0.05, 0) is 31.7 Å². The van der Waals surface area contributed by atoms with Crippen LogP contribution in [0.5, 0.6) is 0 Å². The fourth-order valence-corrected chi connectivity index (χ4v) is 3.24. The number of rotatable bonds is 8. The van der Waals surface area contributed by atoms with Crippen molar-refractivity contribution in [2.45, 2.75) is 32.6 Å². The van der Waals surface area contributed by atoms with Gasteiger partial charge in [0.15, 0.2) is 0 Å². The van der Waals surface area contributed by atoms with Gasteiger partial charge in [0.2, 0.25) is 17.6 Å². The smallest absolute Gasteiger partial charge is 0.228 e. The predicted molar refractivity (Wildman–Crippen MR) is 108 cm³/mol. The number of carbonyl (C=O) groups excluding carboxylic acids is 1. The Morgan fingerprint density at radius 2 is 1.75 bits per heavy atom. The minimum absolute atomic E-state index is 0.210. The fraction of sp³-hybridized carbons (Fsp3) is 0.348. The van der Waals surface area contributed by atoms with Crippen molar-refractivity contribution >= 4 is 5.91 Å². The summed E-state index contributed by atoms with van der Waals surface area (Å²) in [5.74, 6) is 1.64. The lowest BCUT2D eigenvalue weighted by Gasteiger charge is -2.22. The standard InChI is InChI=1S/C23H25N3O2/c1-17-7-9-19(10-8-17)22-24-21(28-25-22)14-16-26(23(27)20-11-12-20)15-13-18-5-3-2-4-6-18/h2-10,20H,11-16H2,1H3. The highest BCUT2D eigenvalue weighted by Crippen LogP contribution is 2.31. The average Bonchev–Trinajstić information content (AvgIpc) is 3.47. The average molecular weight is 375 g/mol. The second-order valence-electron chi connectivity index (χ2n) is 7.46. The van der Waals surface area contributed by atoms with Crippen molar-refractivity contribution in [2.24, 2.45) is 5.92 Å². The molecule has 5 heteroatoms. The van der Waals surface area contributed by atoms with Crippen LogP contribution >= 0.6 is 0 Å². The van der Waals surface area contributed by atoms with Crippen LogP contribution in [-0.2, 0) is 17.6 Å². The maximum Gasteiger partial charge on any atom is 0.228 e. The van der Waals surface area contributed by atoms with Gasteiger partial charge in [-0.3, -0.25) is 4.79 Å². The number of hydrogen-bond donors (Lipinski definition) is 0. The monoisotopic (exact) mass is 375 g/mol. The number of hydrogen-bond acceptors (Lipinski definition) is 4. The third kappa shape index (κ3) is 4.66. The lowest BCUT2D eigenvalue weighted by molar-refractivity contribution is -0.132. The number of benzene rings is 2. The summed E-state index contributed by atoms with van der Waals surface area (Å²) in [7, 11) is 0. The van der Waals surface area contributed by atoms with Crippen LogP contribution < -0.4 is 0 Å². The molecule has 0 N–H and O–H groups in total. The van der Waals surface area contributed by atoms with E-state index in [-0.39, 0.29) is 11.8 Å². The highest BCUT2D eigenvalue weighted by Gasteiger charge is 2.33. The maximum atomic E-state index is 12.7. The van der Waals surface area contributed by atoms with E-state index in [0.29, 0.717) is 24.7 Å². The van der Waals surface area contributed by atoms with E-state index >= 15 is 0 Å². The molecule has 5 nitrogen and oxygen atoms in total. The molecule has 28 heavy (non-hydrogen) atoms. The molecule has 2 aromatic carbocycles. The Morgan fingerprint density at radius 1 is 1.04 bits per heavy atom. The van der Waals surface area contributed by atoms with Crippen LogP contribution in [0.2, 0.25) is 0 Å². The van der Waals surface area contributed by atoms with Gasteiger partial charge in [0.25, 0.3) is 0 Å². The van der Waals surface area contributed by atoms with Crippen LogP contribution in [-0.4, -0.2) is 34.0 Å². The van der Waals surface area contributed by atoms with Crippen molar-refractivity contribution < 1.29 is 9.32 Å². The quantitative estimate of drug-likeness (QED) is 0.595. The van der Waals surface area contributed by atoms with E-state index in [9.17, 15) is 4.79 Å². The lowest BCUT2D eigenvalue weighted by atomic mass is 10.1. The van der Waals surface area contributed by atoms with E-state index in [0.717, 1.165) is 31.4 Å². The minimum Gasteiger partial charge on any atom is -0.342 e. The Kier molecular flexibility index (Phi) is 5.51. The largest absolute Gasteiger partial charge is 0.342 e. The van der Waals surface area contributed by atoms with Crippen LogP contribution in [0.15, 0.2) is 59.1 Å². The molecule has 0 aliphatic heterocycles. The van der Waals surface area contributed by atoms with Crippen LogP contribution in [0.1, 0.15) is 29.9 Å². The van der Waals surface area contributed by atoms with E-state index < -0.39 is 0 Å². The van der Waals surface area contributed by atoms with Crippen LogP contribution in [0.3, 0.4) is 0 Å². The fourth-order valence-electron chi connectivity index (χ4n) is 3.24. The maximum absolute atomic E-state index is 12.7. The molecule has 4 rings (SSSR count). The Morgan fingerprint density at radius 3 is 2.46 bits per heavy atom. The molecule has 1 saturated carbocycles. The van der Waals surface area contributed by atoms with Gasteiger partial charge in [0, 0.05) is 31.0 Å². The summed E-state index contributed by atoms with van der Waals surface area (Å²) in [6.07, 6.45) is 3.46. The molecule has 0 radical (unpaired) electrons. The predicted octanol–water partition coefficient (Wildman–Crippen LogP) is 4.07. The summed E-state index contributed by atoms with van der Waals surface area (Å²) in [6, 6.07) is 18.3. The summed E-state index contributed by atoms with van der Waals surface area (Å²) in [4.78, 5) is 19.1. The first-order valence-electron chi connectivity index (χ1n) is 9.91. The first-order valence-corrected chi connectivity index (χ1v) is 9.91. The Bertz CT molecular complexity index is 915. The third-order valence-corrected chi connectivity index (χ3v) is 5.12. The molecule has 1 heterocycles. The van der Waals surface area contributed by atoms with Crippen molar-refractivity contribution in [3.63, 3.8) is 0 Å². The van der Waals surface area contributed by atoms with Crippen molar-refractivity contribution in [1.29, 1.82) is 0 Å². The summed E-state index contributed by atoms with van der Waals surface area (Å²) in [5, 5.41) is 4.09. The first-order chi connectivity index (χ1) is 13.7. The van der Waals surface area contributed by atoms with Gasteiger partial charge < -0.3 is 9.42 Å². The molecule has 3 aromatic rings. The zero-order chi connectivity index (χ0) is 19.3. The molecule has 1 amide bonds. The molecule has 1 aliphatic rings. The van der Waals surface area contributed by atoms with Crippen molar-refractivity contribution in [2.75, 3.05) is 13.1 Å². The Labute approximate surface area is 165 Å². The molecule has 1 aliphatic carbocycles. The van der Waals surface area contributed by atoms with Gasteiger partial charge in [0.1, 0.15) is 0 Å². The molecule has 1 aromatic heterocycles. The van der Waals surface area contributed by atoms with Crippen LogP contribution in [0.25, 0.3) is 11.4 Å². The molecular formula is C23H25N3O2. The van der Waals surface area contributed by atoms with Crippen LogP contribution in [0, 0.1) is 12.8 Å². The lowest BCUT2D eigenvalue weighted by Crippen LogP contribution is -2.35. The number of aryl methyl sites for hydroxylation is 1. The minimum atomic E-state index is 0.210. The molecular weight excluding hydrogens is 350 g/mol.